The van der Waals surface area contributed by atoms with E-state index in [4.69, 9.17) is 0 Å². The van der Waals surface area contributed by atoms with Crippen molar-refractivity contribution in [2.24, 2.45) is 23.2 Å². The lowest BCUT2D eigenvalue weighted by Crippen LogP contribution is -2.60. The Balaban J connectivity index is 1.26. The molecule has 8 heteroatoms. The Hall–Kier alpha value is -2.34. The van der Waals surface area contributed by atoms with Crippen LogP contribution in [0, 0.1) is 34.5 Å². The molecule has 1 heterocycles. The van der Waals surface area contributed by atoms with E-state index in [1.54, 1.807) is 18.0 Å². The maximum Gasteiger partial charge on any atom is 0.224 e. The second-order valence-electron chi connectivity index (χ2n) is 10.3. The minimum atomic E-state index is 0.204. The summed E-state index contributed by atoms with van der Waals surface area (Å²) in [5, 5.41) is 29.4. The molecule has 4 N–H and O–H groups in total. The van der Waals surface area contributed by atoms with E-state index in [1.807, 2.05) is 12.1 Å². The second kappa shape index (κ2) is 10.1. The van der Waals surface area contributed by atoms with Crippen LogP contribution in [0.4, 0.5) is 11.8 Å². The van der Waals surface area contributed by atoms with Gasteiger partial charge >= 0.3 is 0 Å². The van der Waals surface area contributed by atoms with Crippen LogP contribution in [0.2, 0.25) is 0 Å². The largest absolute Gasteiger partial charge is 0.395 e. The summed E-state index contributed by atoms with van der Waals surface area (Å²) in [5.41, 5.74) is 1.97. The van der Waals surface area contributed by atoms with E-state index < -0.39 is 0 Å². The van der Waals surface area contributed by atoms with Gasteiger partial charge in [-0.1, -0.05) is 18.2 Å². The molecule has 5 atom stereocenters. The van der Waals surface area contributed by atoms with E-state index in [-0.39, 0.29) is 12.0 Å². The van der Waals surface area contributed by atoms with Crippen molar-refractivity contribution in [3.8, 4) is 6.07 Å². The number of rotatable bonds is 10. The van der Waals surface area contributed by atoms with Gasteiger partial charge in [0.05, 0.1) is 12.8 Å². The summed E-state index contributed by atoms with van der Waals surface area (Å²) in [4.78, 5) is 10.3. The second-order valence-corrected chi connectivity index (χ2v) is 11.1. The number of aliphatic hydroxyl groups excluding tert-OH is 1. The molecule has 7 nitrogen and oxygen atoms in total. The Bertz CT molecular complexity index is 1040. The number of nitrogens with zero attached hydrogens (tertiary/aromatic N) is 3. The van der Waals surface area contributed by atoms with Gasteiger partial charge in [0, 0.05) is 30.6 Å². The van der Waals surface area contributed by atoms with Gasteiger partial charge < -0.3 is 21.1 Å². The summed E-state index contributed by atoms with van der Waals surface area (Å²) in [6.45, 7) is 2.39. The average Bonchev–Trinajstić information content (AvgIpc) is 2.85. The molecule has 2 aromatic rings. The summed E-state index contributed by atoms with van der Waals surface area (Å²) in [6.07, 6.45) is 10.00. The van der Waals surface area contributed by atoms with Gasteiger partial charge in [0.25, 0.3) is 0 Å². The molecular weight excluding hydrogens is 444 g/mol. The number of aliphatic hydroxyl groups is 1. The number of nitriles is 1. The summed E-state index contributed by atoms with van der Waals surface area (Å²) in [6, 6.07) is 11.1. The quantitative estimate of drug-likeness (QED) is 0.381. The first-order valence-corrected chi connectivity index (χ1v) is 13.6. The molecule has 4 saturated carbocycles. The number of hydrogen-bond acceptors (Lipinski definition) is 8. The molecule has 4 aliphatic rings. The smallest absolute Gasteiger partial charge is 0.224 e. The average molecular weight is 479 g/mol. The molecule has 4 fully saturated rings. The number of thioether (sulfide) groups is 1. The molecule has 0 saturated heterocycles. The molecule has 1 aromatic carbocycles. The molecule has 0 amide bonds. The zero-order valence-electron chi connectivity index (χ0n) is 19.8. The van der Waals surface area contributed by atoms with E-state index in [1.165, 1.54) is 42.6 Å². The topological polar surface area (TPSA) is 106 Å². The van der Waals surface area contributed by atoms with Gasteiger partial charge in [0.1, 0.15) is 17.5 Å². The molecule has 4 aliphatic carbocycles. The van der Waals surface area contributed by atoms with E-state index >= 15 is 0 Å². The highest BCUT2D eigenvalue weighted by Crippen LogP contribution is 2.60. The Morgan fingerprint density at radius 1 is 1.18 bits per heavy atom. The predicted molar refractivity (Wildman–Crippen MR) is 136 cm³/mol. The molecule has 0 radical (unpaired) electrons. The molecule has 0 spiro atoms. The van der Waals surface area contributed by atoms with E-state index in [9.17, 15) is 10.4 Å². The van der Waals surface area contributed by atoms with E-state index in [0.29, 0.717) is 48.3 Å². The van der Waals surface area contributed by atoms with Gasteiger partial charge in [0.15, 0.2) is 0 Å². The molecule has 0 aliphatic heterocycles. The predicted octanol–water partition coefficient (Wildman–Crippen LogP) is 3.87. The fourth-order valence-electron chi connectivity index (χ4n) is 6.95. The van der Waals surface area contributed by atoms with Gasteiger partial charge in [-0.2, -0.15) is 10.2 Å². The number of nitrogens with one attached hydrogen (secondary N) is 3. The van der Waals surface area contributed by atoms with Crippen molar-refractivity contribution in [1.82, 2.24) is 15.3 Å². The van der Waals surface area contributed by atoms with Crippen LogP contribution in [-0.2, 0) is 6.54 Å². The van der Waals surface area contributed by atoms with Gasteiger partial charge in [0.2, 0.25) is 5.95 Å². The zero-order chi connectivity index (χ0) is 23.5. The Morgan fingerprint density at radius 3 is 2.71 bits per heavy atom. The van der Waals surface area contributed by atoms with Crippen LogP contribution in [0.15, 0.2) is 35.4 Å². The number of benzene rings is 1. The molecule has 180 valence electrons. The van der Waals surface area contributed by atoms with Crippen LogP contribution in [0.5, 0.6) is 0 Å². The van der Waals surface area contributed by atoms with Crippen molar-refractivity contribution < 1.29 is 5.11 Å². The SMILES string of the molecule is CSc1ccccc1CNc1ncc(C#N)c(NCC23CC4C[C@H](C2)C(NCCO)[C@@H](C4)C3)n1. The van der Waals surface area contributed by atoms with Crippen LogP contribution in [0.3, 0.4) is 0 Å². The van der Waals surface area contributed by atoms with Crippen molar-refractivity contribution in [1.29, 1.82) is 5.26 Å². The zero-order valence-corrected chi connectivity index (χ0v) is 20.6. The lowest BCUT2D eigenvalue weighted by atomic mass is 9.48. The highest BCUT2D eigenvalue weighted by atomic mass is 32.2. The van der Waals surface area contributed by atoms with E-state index in [2.05, 4.69) is 50.4 Å². The van der Waals surface area contributed by atoms with Crippen LogP contribution in [0.1, 0.15) is 43.2 Å². The van der Waals surface area contributed by atoms with Crippen molar-refractivity contribution in [3.63, 3.8) is 0 Å². The van der Waals surface area contributed by atoms with Crippen LogP contribution < -0.4 is 16.0 Å². The maximum absolute atomic E-state index is 9.64. The van der Waals surface area contributed by atoms with Crippen molar-refractivity contribution in [3.05, 3.63) is 41.6 Å². The summed E-state index contributed by atoms with van der Waals surface area (Å²) >= 11 is 1.73. The highest BCUT2D eigenvalue weighted by Gasteiger charge is 2.54. The molecule has 34 heavy (non-hydrogen) atoms. The van der Waals surface area contributed by atoms with Crippen LogP contribution >= 0.6 is 11.8 Å². The third-order valence-electron chi connectivity index (χ3n) is 8.06. The van der Waals surface area contributed by atoms with Gasteiger partial charge in [-0.15, -0.1) is 11.8 Å². The first-order chi connectivity index (χ1) is 16.6. The molecule has 3 unspecified atom stereocenters. The standard InChI is InChI=1S/C26H34N6OS/c1-34-22-5-3-2-4-18(22)14-29-25-30-15-21(13-27)24(32-25)31-16-26-10-17-8-19(11-26)23(28-6-7-33)20(9-17)12-26/h2-5,15,17,19-20,23,28,33H,6-12,14,16H2,1H3,(H2,29,30,31,32)/t17?,19-,20+,23?,26?. The lowest BCUT2D eigenvalue weighted by molar-refractivity contribution is -0.0698. The molecule has 6 rings (SSSR count). The third-order valence-corrected chi connectivity index (χ3v) is 8.90. The normalized spacial score (nSPS) is 29.1. The highest BCUT2D eigenvalue weighted by molar-refractivity contribution is 7.98. The fraction of sp³-hybridized carbons (Fsp3) is 0.577. The third kappa shape index (κ3) is 4.74. The first-order valence-electron chi connectivity index (χ1n) is 12.3. The lowest BCUT2D eigenvalue weighted by Gasteiger charge is -2.60. The first kappa shape index (κ1) is 23.4. The van der Waals surface area contributed by atoms with E-state index in [0.717, 1.165) is 12.5 Å². The number of hydrogen-bond donors (Lipinski definition) is 4. The number of anilines is 2. The van der Waals surface area contributed by atoms with Crippen molar-refractivity contribution in [2.45, 2.75) is 49.6 Å². The van der Waals surface area contributed by atoms with Gasteiger partial charge in [-0.05, 0) is 73.2 Å². The maximum atomic E-state index is 9.64. The molecule has 1 aromatic heterocycles. The minimum Gasteiger partial charge on any atom is -0.395 e. The van der Waals surface area contributed by atoms with Crippen LogP contribution in [0.25, 0.3) is 0 Å². The fourth-order valence-corrected chi connectivity index (χ4v) is 7.57. The van der Waals surface area contributed by atoms with Crippen molar-refractivity contribution >= 4 is 23.5 Å². The Kier molecular flexibility index (Phi) is 6.96. The monoisotopic (exact) mass is 478 g/mol. The van der Waals surface area contributed by atoms with Gasteiger partial charge in [-0.3, -0.25) is 0 Å². The number of aromatic nitrogens is 2. The Morgan fingerprint density at radius 2 is 1.97 bits per heavy atom. The molecule has 4 bridgehead atoms. The van der Waals surface area contributed by atoms with Crippen LogP contribution in [-0.4, -0.2) is 47.1 Å². The summed E-state index contributed by atoms with van der Waals surface area (Å²) < 4.78 is 0. The van der Waals surface area contributed by atoms with Gasteiger partial charge in [-0.25, -0.2) is 4.98 Å². The molecular formula is C26H34N6OS. The Labute approximate surface area is 206 Å². The van der Waals surface area contributed by atoms with Crippen molar-refractivity contribution in [2.75, 3.05) is 36.6 Å². The minimum absolute atomic E-state index is 0.204. The summed E-state index contributed by atoms with van der Waals surface area (Å²) in [5.74, 6) is 3.35. The summed E-state index contributed by atoms with van der Waals surface area (Å²) in [7, 11) is 0.